The van der Waals surface area contributed by atoms with Crippen LogP contribution in [-0.2, 0) is 6.18 Å². The predicted octanol–water partition coefficient (Wildman–Crippen LogP) is 4.91. The lowest BCUT2D eigenvalue weighted by Crippen LogP contribution is -2.39. The Morgan fingerprint density at radius 3 is 2.38 bits per heavy atom. The van der Waals surface area contributed by atoms with Crippen LogP contribution in [0.1, 0.15) is 12.5 Å². The van der Waals surface area contributed by atoms with E-state index in [0.717, 1.165) is 6.07 Å². The van der Waals surface area contributed by atoms with Crippen LogP contribution in [-0.4, -0.2) is 12.3 Å². The average Bonchev–Trinajstić information content (AvgIpc) is 2.49. The van der Waals surface area contributed by atoms with E-state index in [9.17, 15) is 18.0 Å². The number of nitrogens with one attached hydrogen (secondary N) is 2. The van der Waals surface area contributed by atoms with Crippen molar-refractivity contribution < 1.29 is 22.7 Å². The summed E-state index contributed by atoms with van der Waals surface area (Å²) >= 11 is 5.75. The molecule has 128 valence electrons. The normalized spacial score (nSPS) is 12.4. The van der Waals surface area contributed by atoms with Gasteiger partial charge in [-0.05, 0) is 43.3 Å². The molecule has 0 saturated carbocycles. The maximum absolute atomic E-state index is 12.9. The standard InChI is InChI=1S/C16H14ClF3N2O2/c1-10(24-12-8-6-11(17)7-9-12)21-15(23)22-14-5-3-2-4-13(14)16(18,19)20/h2-10H,1H3,(H2,21,22,23). The Labute approximate surface area is 141 Å². The summed E-state index contributed by atoms with van der Waals surface area (Å²) in [7, 11) is 0. The van der Waals surface area contributed by atoms with Crippen LogP contribution in [0.15, 0.2) is 48.5 Å². The van der Waals surface area contributed by atoms with E-state index < -0.39 is 24.0 Å². The van der Waals surface area contributed by atoms with Gasteiger partial charge in [0.05, 0.1) is 11.3 Å². The molecule has 2 aromatic rings. The van der Waals surface area contributed by atoms with Gasteiger partial charge in [-0.15, -0.1) is 0 Å². The van der Waals surface area contributed by atoms with Crippen molar-refractivity contribution in [3.05, 3.63) is 59.1 Å². The van der Waals surface area contributed by atoms with Gasteiger partial charge in [0.1, 0.15) is 5.75 Å². The molecule has 0 aliphatic carbocycles. The van der Waals surface area contributed by atoms with Gasteiger partial charge in [0.15, 0.2) is 6.23 Å². The fraction of sp³-hybridized carbons (Fsp3) is 0.188. The van der Waals surface area contributed by atoms with E-state index in [1.54, 1.807) is 31.2 Å². The molecule has 0 aliphatic rings. The van der Waals surface area contributed by atoms with Crippen molar-refractivity contribution in [1.29, 1.82) is 0 Å². The number of urea groups is 1. The van der Waals surface area contributed by atoms with Crippen molar-refractivity contribution >= 4 is 23.3 Å². The predicted molar refractivity (Wildman–Crippen MR) is 85.1 cm³/mol. The van der Waals surface area contributed by atoms with Crippen LogP contribution in [0, 0.1) is 0 Å². The number of halogens is 4. The second-order valence-corrected chi connectivity index (χ2v) is 5.29. The number of hydrogen-bond donors (Lipinski definition) is 2. The highest BCUT2D eigenvalue weighted by atomic mass is 35.5. The van der Waals surface area contributed by atoms with Crippen LogP contribution in [0.25, 0.3) is 0 Å². The van der Waals surface area contributed by atoms with Crippen molar-refractivity contribution in [1.82, 2.24) is 5.32 Å². The van der Waals surface area contributed by atoms with Gasteiger partial charge in [-0.2, -0.15) is 13.2 Å². The van der Waals surface area contributed by atoms with Gasteiger partial charge in [-0.3, -0.25) is 0 Å². The maximum Gasteiger partial charge on any atom is 0.418 e. The summed E-state index contributed by atoms with van der Waals surface area (Å²) in [6.45, 7) is 1.55. The van der Waals surface area contributed by atoms with Crippen LogP contribution in [0.3, 0.4) is 0 Å². The van der Waals surface area contributed by atoms with Crippen LogP contribution in [0.2, 0.25) is 5.02 Å². The third-order valence-electron chi connectivity index (χ3n) is 2.94. The van der Waals surface area contributed by atoms with Crippen LogP contribution in [0.5, 0.6) is 5.75 Å². The first-order valence-electron chi connectivity index (χ1n) is 6.91. The fourth-order valence-corrected chi connectivity index (χ4v) is 2.06. The van der Waals surface area contributed by atoms with Gasteiger partial charge >= 0.3 is 12.2 Å². The van der Waals surface area contributed by atoms with E-state index in [0.29, 0.717) is 10.8 Å². The number of amides is 2. The molecule has 0 bridgehead atoms. The molecule has 1 atom stereocenters. The first-order valence-corrected chi connectivity index (χ1v) is 7.29. The Bertz CT molecular complexity index is 705. The molecule has 2 aromatic carbocycles. The summed E-state index contributed by atoms with van der Waals surface area (Å²) in [5.41, 5.74) is -1.26. The van der Waals surface area contributed by atoms with Gasteiger partial charge in [-0.1, -0.05) is 23.7 Å². The second-order valence-electron chi connectivity index (χ2n) is 4.86. The zero-order chi connectivity index (χ0) is 17.7. The molecule has 0 aliphatic heterocycles. The number of carbonyl (C=O) groups is 1. The SMILES string of the molecule is CC(NC(=O)Nc1ccccc1C(F)(F)F)Oc1ccc(Cl)cc1. The lowest BCUT2D eigenvalue weighted by atomic mass is 10.1. The number of ether oxygens (including phenoxy) is 1. The van der Waals surface area contributed by atoms with E-state index in [1.807, 2.05) is 0 Å². The maximum atomic E-state index is 12.9. The molecule has 2 rings (SSSR count). The van der Waals surface area contributed by atoms with Gasteiger partial charge in [-0.25, -0.2) is 4.79 Å². The van der Waals surface area contributed by atoms with Crippen LogP contribution in [0.4, 0.5) is 23.7 Å². The number of anilines is 1. The molecule has 0 spiro atoms. The fourth-order valence-electron chi connectivity index (χ4n) is 1.93. The Kier molecular flexibility index (Phi) is 5.56. The Balaban J connectivity index is 1.97. The van der Waals surface area contributed by atoms with E-state index >= 15 is 0 Å². The summed E-state index contributed by atoms with van der Waals surface area (Å²) in [6.07, 6.45) is -5.32. The summed E-state index contributed by atoms with van der Waals surface area (Å²) in [6, 6.07) is 10.3. The topological polar surface area (TPSA) is 50.4 Å². The Morgan fingerprint density at radius 2 is 1.75 bits per heavy atom. The molecule has 24 heavy (non-hydrogen) atoms. The van der Waals surface area contributed by atoms with E-state index in [1.165, 1.54) is 18.2 Å². The Hall–Kier alpha value is -2.41. The highest BCUT2D eigenvalue weighted by Gasteiger charge is 2.33. The van der Waals surface area contributed by atoms with Gasteiger partial charge < -0.3 is 15.4 Å². The lowest BCUT2D eigenvalue weighted by Gasteiger charge is -2.18. The summed E-state index contributed by atoms with van der Waals surface area (Å²) < 4.78 is 44.0. The third-order valence-corrected chi connectivity index (χ3v) is 3.19. The molecule has 1 unspecified atom stereocenters. The lowest BCUT2D eigenvalue weighted by molar-refractivity contribution is -0.136. The molecule has 2 N–H and O–H groups in total. The second kappa shape index (κ2) is 7.44. The van der Waals surface area contributed by atoms with E-state index in [4.69, 9.17) is 16.3 Å². The molecule has 4 nitrogen and oxygen atoms in total. The van der Waals surface area contributed by atoms with Crippen molar-refractivity contribution in [3.63, 3.8) is 0 Å². The molecular weight excluding hydrogens is 345 g/mol. The monoisotopic (exact) mass is 358 g/mol. The van der Waals surface area contributed by atoms with E-state index in [-0.39, 0.29) is 5.69 Å². The van der Waals surface area contributed by atoms with Crippen molar-refractivity contribution in [2.24, 2.45) is 0 Å². The van der Waals surface area contributed by atoms with Crippen LogP contribution < -0.4 is 15.4 Å². The molecular formula is C16H14ClF3N2O2. The molecule has 0 aromatic heterocycles. The Morgan fingerprint density at radius 1 is 1.12 bits per heavy atom. The summed E-state index contributed by atoms with van der Waals surface area (Å²) in [4.78, 5) is 11.9. The van der Waals surface area contributed by atoms with Crippen molar-refractivity contribution in [2.75, 3.05) is 5.32 Å². The first-order chi connectivity index (χ1) is 11.3. The number of hydrogen-bond acceptors (Lipinski definition) is 2. The van der Waals surface area contributed by atoms with Gasteiger partial charge in [0.2, 0.25) is 0 Å². The third kappa shape index (κ3) is 5.06. The van der Waals surface area contributed by atoms with Crippen molar-refractivity contribution in [3.8, 4) is 5.75 Å². The smallest absolute Gasteiger partial charge is 0.418 e. The molecule has 0 radical (unpaired) electrons. The minimum atomic E-state index is -4.56. The highest BCUT2D eigenvalue weighted by Crippen LogP contribution is 2.34. The number of alkyl halides is 3. The number of benzene rings is 2. The highest BCUT2D eigenvalue weighted by molar-refractivity contribution is 6.30. The largest absolute Gasteiger partial charge is 0.471 e. The zero-order valence-electron chi connectivity index (χ0n) is 12.5. The molecule has 0 saturated heterocycles. The molecule has 8 heteroatoms. The average molecular weight is 359 g/mol. The molecule has 0 heterocycles. The summed E-state index contributed by atoms with van der Waals surface area (Å²) in [5, 5.41) is 5.10. The van der Waals surface area contributed by atoms with Crippen LogP contribution >= 0.6 is 11.6 Å². The number of para-hydroxylation sites is 1. The summed E-state index contributed by atoms with van der Waals surface area (Å²) in [5.74, 6) is 0.461. The molecule has 2 amide bonds. The zero-order valence-corrected chi connectivity index (χ0v) is 13.3. The molecule has 0 fully saturated rings. The first kappa shape index (κ1) is 17.9. The number of carbonyl (C=O) groups excluding carboxylic acids is 1. The minimum Gasteiger partial charge on any atom is -0.471 e. The van der Waals surface area contributed by atoms with Gasteiger partial charge in [0.25, 0.3) is 0 Å². The van der Waals surface area contributed by atoms with E-state index in [2.05, 4.69) is 10.6 Å². The van der Waals surface area contributed by atoms with Crippen molar-refractivity contribution in [2.45, 2.75) is 19.3 Å². The minimum absolute atomic E-state index is 0.332. The number of rotatable bonds is 4. The quantitative estimate of drug-likeness (QED) is 0.763. The van der Waals surface area contributed by atoms with Gasteiger partial charge in [0, 0.05) is 5.02 Å².